The van der Waals surface area contributed by atoms with Crippen molar-refractivity contribution in [1.82, 2.24) is 9.88 Å². The van der Waals surface area contributed by atoms with Gasteiger partial charge < -0.3 is 5.32 Å². The minimum atomic E-state index is 0.0245. The molecule has 2 aromatic rings. The van der Waals surface area contributed by atoms with Gasteiger partial charge >= 0.3 is 0 Å². The van der Waals surface area contributed by atoms with E-state index in [4.69, 9.17) is 11.6 Å². The van der Waals surface area contributed by atoms with Gasteiger partial charge in [0.25, 0.3) is 0 Å². The second-order valence-corrected chi connectivity index (χ2v) is 7.01. The van der Waals surface area contributed by atoms with Crippen LogP contribution in [-0.2, 0) is 11.3 Å². The molecule has 0 aliphatic carbocycles. The number of aromatic nitrogens is 1. The van der Waals surface area contributed by atoms with Crippen molar-refractivity contribution in [2.45, 2.75) is 32.2 Å². The first-order valence-corrected chi connectivity index (χ1v) is 9.25. The van der Waals surface area contributed by atoms with Crippen LogP contribution in [0.2, 0.25) is 5.15 Å². The summed E-state index contributed by atoms with van der Waals surface area (Å²) in [5, 5.41) is 3.22. The van der Waals surface area contributed by atoms with Gasteiger partial charge in [0, 0.05) is 19.2 Å². The Morgan fingerprint density at radius 3 is 2.80 bits per heavy atom. The van der Waals surface area contributed by atoms with Crippen LogP contribution >= 0.6 is 11.6 Å². The van der Waals surface area contributed by atoms with E-state index >= 15 is 0 Å². The van der Waals surface area contributed by atoms with E-state index < -0.39 is 0 Å². The second-order valence-electron chi connectivity index (χ2n) is 6.65. The lowest BCUT2D eigenvalue weighted by Crippen LogP contribution is -2.24. The highest BCUT2D eigenvalue weighted by Gasteiger charge is 2.20. The van der Waals surface area contributed by atoms with Crippen molar-refractivity contribution in [3.05, 3.63) is 59.4 Å². The number of likely N-dealkylation sites (tertiary alicyclic amines) is 1. The Morgan fingerprint density at radius 1 is 1.16 bits per heavy atom. The number of hydrogen-bond acceptors (Lipinski definition) is 3. The number of carbonyl (C=O) groups is 1. The lowest BCUT2D eigenvalue weighted by Gasteiger charge is -2.20. The molecular formula is C20H24ClN3O. The van der Waals surface area contributed by atoms with E-state index in [1.54, 1.807) is 18.3 Å². The number of carbonyl (C=O) groups excluding carboxylic acids is 1. The minimum Gasteiger partial charge on any atom is -0.323 e. The molecule has 0 radical (unpaired) electrons. The first-order chi connectivity index (χ1) is 12.2. The maximum atomic E-state index is 12.3. The molecule has 132 valence electrons. The molecule has 1 fully saturated rings. The van der Waals surface area contributed by atoms with E-state index in [2.05, 4.69) is 45.5 Å². The Hall–Kier alpha value is -1.91. The van der Waals surface area contributed by atoms with Crippen LogP contribution in [0, 0.1) is 5.92 Å². The molecule has 2 heterocycles. The van der Waals surface area contributed by atoms with Crippen LogP contribution in [0.5, 0.6) is 0 Å². The van der Waals surface area contributed by atoms with Gasteiger partial charge in [0.05, 0.1) is 5.69 Å². The highest BCUT2D eigenvalue weighted by molar-refractivity contribution is 6.32. The second kappa shape index (κ2) is 8.97. The fourth-order valence-electron chi connectivity index (χ4n) is 3.37. The lowest BCUT2D eigenvalue weighted by molar-refractivity contribution is -0.117. The molecule has 1 atom stereocenters. The topological polar surface area (TPSA) is 45.2 Å². The Morgan fingerprint density at radius 2 is 2.00 bits per heavy atom. The molecule has 1 N–H and O–H groups in total. The van der Waals surface area contributed by atoms with Crippen LogP contribution in [0.3, 0.4) is 0 Å². The average Bonchev–Trinajstić information content (AvgIpc) is 2.83. The third-order valence-electron chi connectivity index (χ3n) is 4.70. The largest absolute Gasteiger partial charge is 0.323 e. The van der Waals surface area contributed by atoms with E-state index in [1.165, 1.54) is 5.56 Å². The van der Waals surface area contributed by atoms with Crippen molar-refractivity contribution in [2.75, 3.05) is 18.4 Å². The number of pyridine rings is 1. The normalized spacial score (nSPS) is 18.5. The summed E-state index contributed by atoms with van der Waals surface area (Å²) in [6.07, 6.45) is 5.45. The molecule has 5 heteroatoms. The summed E-state index contributed by atoms with van der Waals surface area (Å²) < 4.78 is 0. The van der Waals surface area contributed by atoms with Gasteiger partial charge in [-0.15, -0.1) is 0 Å². The highest BCUT2D eigenvalue weighted by Crippen LogP contribution is 2.24. The summed E-state index contributed by atoms with van der Waals surface area (Å²) in [4.78, 5) is 18.8. The molecule has 4 nitrogen and oxygen atoms in total. The predicted molar refractivity (Wildman–Crippen MR) is 102 cm³/mol. The number of benzene rings is 1. The van der Waals surface area contributed by atoms with Crippen LogP contribution in [0.1, 0.15) is 31.2 Å². The quantitative estimate of drug-likeness (QED) is 0.808. The van der Waals surface area contributed by atoms with Crippen molar-refractivity contribution < 1.29 is 4.79 Å². The van der Waals surface area contributed by atoms with Gasteiger partial charge in [-0.3, -0.25) is 9.69 Å². The third-order valence-corrected chi connectivity index (χ3v) is 5.00. The number of anilines is 1. The number of halogens is 1. The van der Waals surface area contributed by atoms with Crippen molar-refractivity contribution in [1.29, 1.82) is 0 Å². The molecule has 0 saturated carbocycles. The number of rotatable bonds is 5. The molecule has 1 aromatic heterocycles. The molecular weight excluding hydrogens is 334 g/mol. The minimum absolute atomic E-state index is 0.0245. The molecule has 25 heavy (non-hydrogen) atoms. The number of nitrogens with one attached hydrogen (secondary N) is 1. The van der Waals surface area contributed by atoms with Gasteiger partial charge in [-0.25, -0.2) is 4.98 Å². The van der Waals surface area contributed by atoms with Crippen molar-refractivity contribution in [2.24, 2.45) is 5.92 Å². The molecule has 1 aliphatic rings. The molecule has 3 rings (SSSR count). The zero-order valence-electron chi connectivity index (χ0n) is 14.3. The van der Waals surface area contributed by atoms with Gasteiger partial charge in [0.15, 0.2) is 5.15 Å². The number of hydrogen-bond donors (Lipinski definition) is 1. The van der Waals surface area contributed by atoms with Crippen LogP contribution in [0.25, 0.3) is 0 Å². The first kappa shape index (κ1) is 17.9. The smallest absolute Gasteiger partial charge is 0.224 e. The third kappa shape index (κ3) is 5.55. The standard InChI is InChI=1S/C20H24ClN3O/c21-20-18(9-4-11-22-20)23-19(25)14-16-8-5-12-24(13-10-16)15-17-6-2-1-3-7-17/h1-4,6-7,9,11,16H,5,8,10,12-15H2,(H,23,25). The van der Waals surface area contributed by atoms with Crippen molar-refractivity contribution in [3.8, 4) is 0 Å². The molecule has 0 bridgehead atoms. The van der Waals surface area contributed by atoms with Gasteiger partial charge in [-0.2, -0.15) is 0 Å². The van der Waals surface area contributed by atoms with E-state index in [1.807, 2.05) is 0 Å². The molecule has 1 aromatic carbocycles. The van der Waals surface area contributed by atoms with Gasteiger partial charge in [0.2, 0.25) is 5.91 Å². The first-order valence-electron chi connectivity index (χ1n) is 8.87. The number of amides is 1. The van der Waals surface area contributed by atoms with Crippen LogP contribution in [-0.4, -0.2) is 28.9 Å². The molecule has 0 spiro atoms. The zero-order valence-corrected chi connectivity index (χ0v) is 15.1. The Labute approximate surface area is 154 Å². The Balaban J connectivity index is 1.48. The van der Waals surface area contributed by atoms with Crippen LogP contribution in [0.4, 0.5) is 5.69 Å². The maximum Gasteiger partial charge on any atom is 0.224 e. The van der Waals surface area contributed by atoms with Gasteiger partial charge in [-0.1, -0.05) is 41.9 Å². The number of nitrogens with zero attached hydrogens (tertiary/aromatic N) is 2. The average molecular weight is 358 g/mol. The van der Waals surface area contributed by atoms with E-state index in [0.29, 0.717) is 23.2 Å². The van der Waals surface area contributed by atoms with Gasteiger partial charge in [0.1, 0.15) is 0 Å². The summed E-state index contributed by atoms with van der Waals surface area (Å²) in [5.41, 5.74) is 1.94. The van der Waals surface area contributed by atoms with E-state index in [0.717, 1.165) is 38.9 Å². The van der Waals surface area contributed by atoms with Crippen LogP contribution in [0.15, 0.2) is 48.7 Å². The SMILES string of the molecule is O=C(CC1CCCN(Cc2ccccc2)CC1)Nc1cccnc1Cl. The summed E-state index contributed by atoms with van der Waals surface area (Å²) in [6.45, 7) is 3.13. The van der Waals surface area contributed by atoms with E-state index in [-0.39, 0.29) is 5.91 Å². The van der Waals surface area contributed by atoms with Crippen molar-refractivity contribution >= 4 is 23.2 Å². The summed E-state index contributed by atoms with van der Waals surface area (Å²) in [5.74, 6) is 0.452. The molecule has 1 unspecified atom stereocenters. The van der Waals surface area contributed by atoms with Crippen molar-refractivity contribution in [3.63, 3.8) is 0 Å². The Bertz CT molecular complexity index is 692. The maximum absolute atomic E-state index is 12.3. The predicted octanol–water partition coefficient (Wildman–Crippen LogP) is 4.37. The fourth-order valence-corrected chi connectivity index (χ4v) is 3.54. The summed E-state index contributed by atoms with van der Waals surface area (Å²) in [6, 6.07) is 14.1. The fraction of sp³-hybridized carbons (Fsp3) is 0.400. The van der Waals surface area contributed by atoms with Crippen LogP contribution < -0.4 is 5.32 Å². The molecule has 1 saturated heterocycles. The monoisotopic (exact) mass is 357 g/mol. The summed E-state index contributed by atoms with van der Waals surface area (Å²) in [7, 11) is 0. The highest BCUT2D eigenvalue weighted by atomic mass is 35.5. The Kier molecular flexibility index (Phi) is 6.42. The molecule has 1 aliphatic heterocycles. The zero-order chi connectivity index (χ0) is 17.5. The van der Waals surface area contributed by atoms with E-state index in [9.17, 15) is 4.79 Å². The summed E-state index contributed by atoms with van der Waals surface area (Å²) >= 11 is 6.00. The van der Waals surface area contributed by atoms with Gasteiger partial charge in [-0.05, 0) is 56.0 Å². The molecule has 1 amide bonds. The lowest BCUT2D eigenvalue weighted by atomic mass is 9.96.